The molecule has 0 aliphatic rings. The van der Waals surface area contributed by atoms with Gasteiger partial charge >= 0.3 is 0 Å². The first-order chi connectivity index (χ1) is 9.74. The molecule has 108 valence electrons. The van der Waals surface area contributed by atoms with Crippen molar-refractivity contribution in [3.8, 4) is 0 Å². The number of aromatic nitrogens is 3. The van der Waals surface area contributed by atoms with Gasteiger partial charge in [-0.25, -0.2) is 0 Å². The summed E-state index contributed by atoms with van der Waals surface area (Å²) in [7, 11) is 0. The molecule has 0 aromatic carbocycles. The van der Waals surface area contributed by atoms with Crippen LogP contribution < -0.4 is 5.32 Å². The van der Waals surface area contributed by atoms with Gasteiger partial charge < -0.3 is 14.9 Å². The van der Waals surface area contributed by atoms with E-state index in [0.29, 0.717) is 18.0 Å². The molecule has 20 heavy (non-hydrogen) atoms. The van der Waals surface area contributed by atoms with Gasteiger partial charge in [-0.15, -0.1) is 0 Å². The van der Waals surface area contributed by atoms with Crippen molar-refractivity contribution in [3.63, 3.8) is 0 Å². The van der Waals surface area contributed by atoms with E-state index < -0.39 is 0 Å². The lowest BCUT2D eigenvalue weighted by atomic mass is 10.2. The van der Waals surface area contributed by atoms with E-state index in [4.69, 9.17) is 9.63 Å². The van der Waals surface area contributed by atoms with Crippen LogP contribution in [0.5, 0.6) is 0 Å². The molecule has 2 aromatic heterocycles. The summed E-state index contributed by atoms with van der Waals surface area (Å²) in [6.07, 6.45) is 3.39. The Morgan fingerprint density at radius 3 is 3.15 bits per heavy atom. The molecule has 0 bridgehead atoms. The fourth-order valence-electron chi connectivity index (χ4n) is 1.87. The van der Waals surface area contributed by atoms with Crippen molar-refractivity contribution in [2.75, 3.05) is 6.61 Å². The molecule has 0 fully saturated rings. The number of hydrogen-bond donors (Lipinski definition) is 2. The molecule has 0 spiro atoms. The van der Waals surface area contributed by atoms with Crippen molar-refractivity contribution in [2.45, 2.75) is 32.9 Å². The van der Waals surface area contributed by atoms with Crippen LogP contribution in [0.3, 0.4) is 0 Å². The largest absolute Gasteiger partial charge is 0.394 e. The molecule has 0 aliphatic heterocycles. The third-order valence-corrected chi connectivity index (χ3v) is 2.80. The zero-order valence-corrected chi connectivity index (χ0v) is 11.4. The Kier molecular flexibility index (Phi) is 4.89. The molecule has 2 N–H and O–H groups in total. The van der Waals surface area contributed by atoms with Gasteiger partial charge in [0.2, 0.25) is 0 Å². The number of amides is 1. The summed E-state index contributed by atoms with van der Waals surface area (Å²) >= 11 is 0. The molecule has 0 aliphatic carbocycles. The highest BCUT2D eigenvalue weighted by molar-refractivity contribution is 5.92. The van der Waals surface area contributed by atoms with Crippen LogP contribution in [0.25, 0.3) is 0 Å². The van der Waals surface area contributed by atoms with Gasteiger partial charge in [0.05, 0.1) is 25.4 Å². The molecule has 2 aromatic rings. The second-order valence-electron chi connectivity index (χ2n) is 4.38. The summed E-state index contributed by atoms with van der Waals surface area (Å²) in [5.74, 6) is 0.361. The minimum Gasteiger partial charge on any atom is -0.394 e. The fourth-order valence-corrected chi connectivity index (χ4v) is 1.87. The lowest BCUT2D eigenvalue weighted by molar-refractivity contribution is 0.0934. The summed E-state index contributed by atoms with van der Waals surface area (Å²) in [5, 5.41) is 19.5. The van der Waals surface area contributed by atoms with Gasteiger partial charge in [0, 0.05) is 12.3 Å². The van der Waals surface area contributed by atoms with Crippen molar-refractivity contribution in [2.24, 2.45) is 0 Å². The highest BCUT2D eigenvalue weighted by Crippen LogP contribution is 2.06. The Bertz CT molecular complexity index is 561. The number of aryl methyl sites for hydroxylation is 1. The van der Waals surface area contributed by atoms with E-state index in [1.165, 1.54) is 10.9 Å². The second-order valence-corrected chi connectivity index (χ2v) is 4.38. The molecule has 2 heterocycles. The summed E-state index contributed by atoms with van der Waals surface area (Å²) < 4.78 is 6.59. The number of carbonyl (C=O) groups excluding carboxylic acids is 1. The maximum Gasteiger partial charge on any atom is 0.269 e. The number of hydrogen-bond acceptors (Lipinski definition) is 5. The molecule has 0 saturated heterocycles. The van der Waals surface area contributed by atoms with Crippen molar-refractivity contribution < 1.29 is 14.4 Å². The number of carbonyl (C=O) groups is 1. The van der Waals surface area contributed by atoms with E-state index >= 15 is 0 Å². The topological polar surface area (TPSA) is 93.2 Å². The quantitative estimate of drug-likeness (QED) is 0.779. The lowest BCUT2D eigenvalue weighted by Crippen LogP contribution is -2.26. The van der Waals surface area contributed by atoms with Crippen LogP contribution >= 0.6 is 0 Å². The minimum atomic E-state index is -0.260. The summed E-state index contributed by atoms with van der Waals surface area (Å²) in [4.78, 5) is 12.0. The SMILES string of the molecule is CCCc1cc(CNC(=O)c2ccnn2CCO)on1. The van der Waals surface area contributed by atoms with Gasteiger partial charge in [0.1, 0.15) is 5.69 Å². The van der Waals surface area contributed by atoms with Crippen molar-refractivity contribution in [1.82, 2.24) is 20.3 Å². The number of aliphatic hydroxyl groups is 1. The van der Waals surface area contributed by atoms with Crippen LogP contribution in [0.2, 0.25) is 0 Å². The minimum absolute atomic E-state index is 0.0650. The number of nitrogens with one attached hydrogen (secondary N) is 1. The monoisotopic (exact) mass is 278 g/mol. The fraction of sp³-hybridized carbons (Fsp3) is 0.462. The second kappa shape index (κ2) is 6.85. The van der Waals surface area contributed by atoms with E-state index in [1.807, 2.05) is 6.07 Å². The Hall–Kier alpha value is -2.15. The van der Waals surface area contributed by atoms with Crippen LogP contribution in [-0.2, 0) is 19.5 Å². The van der Waals surface area contributed by atoms with Gasteiger partial charge in [-0.3, -0.25) is 9.48 Å². The van der Waals surface area contributed by atoms with E-state index in [-0.39, 0.29) is 19.1 Å². The molecule has 7 nitrogen and oxygen atoms in total. The first-order valence-corrected chi connectivity index (χ1v) is 6.60. The zero-order valence-electron chi connectivity index (χ0n) is 11.4. The normalized spacial score (nSPS) is 10.7. The van der Waals surface area contributed by atoms with Gasteiger partial charge in [-0.1, -0.05) is 18.5 Å². The van der Waals surface area contributed by atoms with E-state index in [1.54, 1.807) is 6.07 Å². The Balaban J connectivity index is 1.92. The van der Waals surface area contributed by atoms with Gasteiger partial charge in [-0.05, 0) is 12.5 Å². The van der Waals surface area contributed by atoms with Crippen molar-refractivity contribution >= 4 is 5.91 Å². The Labute approximate surface area is 116 Å². The van der Waals surface area contributed by atoms with Crippen LogP contribution in [0.4, 0.5) is 0 Å². The van der Waals surface area contributed by atoms with Gasteiger partial charge in [0.25, 0.3) is 5.91 Å². The third-order valence-electron chi connectivity index (χ3n) is 2.80. The standard InChI is InChI=1S/C13H18N4O3/c1-2-3-10-8-11(20-16-10)9-14-13(19)12-4-5-15-17(12)6-7-18/h4-5,8,18H,2-3,6-7,9H2,1H3,(H,14,19). The van der Waals surface area contributed by atoms with Crippen LogP contribution in [0, 0.1) is 0 Å². The first-order valence-electron chi connectivity index (χ1n) is 6.60. The maximum atomic E-state index is 12.0. The summed E-state index contributed by atoms with van der Waals surface area (Å²) in [5.41, 5.74) is 1.30. The highest BCUT2D eigenvalue weighted by Gasteiger charge is 2.12. The smallest absolute Gasteiger partial charge is 0.269 e. The number of aliphatic hydroxyl groups excluding tert-OH is 1. The van der Waals surface area contributed by atoms with Crippen LogP contribution in [0.15, 0.2) is 22.9 Å². The van der Waals surface area contributed by atoms with Crippen molar-refractivity contribution in [1.29, 1.82) is 0 Å². The third kappa shape index (κ3) is 3.45. The molecular formula is C13H18N4O3. The summed E-state index contributed by atoms with van der Waals surface area (Å²) in [6, 6.07) is 3.45. The summed E-state index contributed by atoms with van der Waals surface area (Å²) in [6.45, 7) is 2.57. The molecule has 1 amide bonds. The highest BCUT2D eigenvalue weighted by atomic mass is 16.5. The van der Waals surface area contributed by atoms with E-state index in [2.05, 4.69) is 22.5 Å². The molecule has 0 radical (unpaired) electrons. The predicted octanol–water partition coefficient (Wildman–Crippen LogP) is 0.746. The van der Waals surface area contributed by atoms with E-state index in [0.717, 1.165) is 18.5 Å². The Morgan fingerprint density at radius 2 is 2.40 bits per heavy atom. The number of nitrogens with zero attached hydrogens (tertiary/aromatic N) is 3. The van der Waals surface area contributed by atoms with Crippen LogP contribution in [0.1, 0.15) is 35.3 Å². The van der Waals surface area contributed by atoms with Crippen LogP contribution in [-0.4, -0.2) is 32.6 Å². The molecule has 2 rings (SSSR count). The lowest BCUT2D eigenvalue weighted by Gasteiger charge is -2.05. The zero-order chi connectivity index (χ0) is 14.4. The van der Waals surface area contributed by atoms with Gasteiger partial charge in [0.15, 0.2) is 5.76 Å². The van der Waals surface area contributed by atoms with Gasteiger partial charge in [-0.2, -0.15) is 5.10 Å². The first kappa shape index (κ1) is 14.3. The molecule has 0 saturated carbocycles. The molecule has 0 atom stereocenters. The van der Waals surface area contributed by atoms with E-state index in [9.17, 15) is 4.79 Å². The molecule has 0 unspecified atom stereocenters. The average Bonchev–Trinajstić information content (AvgIpc) is 3.06. The molecular weight excluding hydrogens is 260 g/mol. The maximum absolute atomic E-state index is 12.0. The number of rotatable bonds is 7. The van der Waals surface area contributed by atoms with Crippen molar-refractivity contribution in [3.05, 3.63) is 35.5 Å². The average molecular weight is 278 g/mol. The Morgan fingerprint density at radius 1 is 1.55 bits per heavy atom. The molecule has 7 heteroatoms. The predicted molar refractivity (Wildman–Crippen MR) is 71.0 cm³/mol.